The van der Waals surface area contributed by atoms with Gasteiger partial charge in [-0.25, -0.2) is 0 Å². The quantitative estimate of drug-likeness (QED) is 0.860. The van der Waals surface area contributed by atoms with Crippen LogP contribution >= 0.6 is 0 Å². The molecule has 0 amide bonds. The Labute approximate surface area is 104 Å². The van der Waals surface area contributed by atoms with Crippen LogP contribution in [-0.4, -0.2) is 22.6 Å². The Morgan fingerprint density at radius 3 is 2.65 bits per heavy atom. The molecule has 0 aliphatic heterocycles. The number of phenolic OH excluding ortho intramolecular Hbond substituents is 1. The highest BCUT2D eigenvalue weighted by molar-refractivity contribution is 5.39. The summed E-state index contributed by atoms with van der Waals surface area (Å²) in [7, 11) is 0. The van der Waals surface area contributed by atoms with Gasteiger partial charge in [-0.1, -0.05) is 38.0 Å². The van der Waals surface area contributed by atoms with Gasteiger partial charge >= 0.3 is 0 Å². The molecule has 0 radical (unpaired) electrons. The van der Waals surface area contributed by atoms with Gasteiger partial charge in [-0.3, -0.25) is 4.90 Å². The van der Waals surface area contributed by atoms with Crippen LogP contribution in [0.1, 0.15) is 43.7 Å². The van der Waals surface area contributed by atoms with Gasteiger partial charge in [-0.05, 0) is 31.9 Å². The second-order valence-electron chi connectivity index (χ2n) is 5.08. The number of aromatic hydroxyl groups is 1. The van der Waals surface area contributed by atoms with Crippen LogP contribution in [0.3, 0.4) is 0 Å². The molecular weight excluding hydrogens is 210 g/mol. The largest absolute Gasteiger partial charge is 0.507 e. The first-order chi connectivity index (χ1) is 8.22. The number of benzene rings is 1. The van der Waals surface area contributed by atoms with Crippen molar-refractivity contribution in [2.75, 3.05) is 6.54 Å². The van der Waals surface area contributed by atoms with Crippen LogP contribution in [0.5, 0.6) is 5.75 Å². The molecule has 2 nitrogen and oxygen atoms in total. The lowest BCUT2D eigenvalue weighted by Gasteiger charge is -2.27. The van der Waals surface area contributed by atoms with Crippen molar-refractivity contribution in [1.82, 2.24) is 4.90 Å². The van der Waals surface area contributed by atoms with E-state index in [0.29, 0.717) is 5.75 Å². The van der Waals surface area contributed by atoms with Crippen molar-refractivity contribution >= 4 is 0 Å². The summed E-state index contributed by atoms with van der Waals surface area (Å²) in [6, 6.07) is 6.76. The molecule has 1 N–H and O–H groups in total. The highest BCUT2D eigenvalue weighted by atomic mass is 16.3. The molecule has 0 aromatic heterocycles. The Morgan fingerprint density at radius 1 is 1.29 bits per heavy atom. The highest BCUT2D eigenvalue weighted by Gasteiger charge is 2.22. The Balaban J connectivity index is 2.09. The first-order valence-electron chi connectivity index (χ1n) is 6.74. The number of phenols is 1. The summed E-state index contributed by atoms with van der Waals surface area (Å²) in [4.78, 5) is 2.50. The second-order valence-corrected chi connectivity index (χ2v) is 5.08. The topological polar surface area (TPSA) is 23.5 Å². The summed E-state index contributed by atoms with van der Waals surface area (Å²) in [5.74, 6) is 0.476. The van der Waals surface area contributed by atoms with Gasteiger partial charge in [0.05, 0.1) is 0 Å². The Morgan fingerprint density at radius 2 is 2.00 bits per heavy atom. The van der Waals surface area contributed by atoms with Crippen LogP contribution in [-0.2, 0) is 6.54 Å². The molecule has 0 atom stereocenters. The minimum Gasteiger partial charge on any atom is -0.507 e. The van der Waals surface area contributed by atoms with Gasteiger partial charge in [-0.2, -0.15) is 0 Å². The van der Waals surface area contributed by atoms with Crippen molar-refractivity contribution in [2.24, 2.45) is 0 Å². The number of hydrogen-bond acceptors (Lipinski definition) is 2. The van der Waals surface area contributed by atoms with Crippen molar-refractivity contribution < 1.29 is 5.11 Å². The van der Waals surface area contributed by atoms with Crippen LogP contribution in [0.2, 0.25) is 0 Å². The van der Waals surface area contributed by atoms with Gasteiger partial charge in [0.1, 0.15) is 5.75 Å². The fourth-order valence-electron chi connectivity index (χ4n) is 2.83. The van der Waals surface area contributed by atoms with Gasteiger partial charge in [-0.15, -0.1) is 0 Å². The fourth-order valence-corrected chi connectivity index (χ4v) is 2.83. The molecule has 0 bridgehead atoms. The molecule has 1 saturated carbocycles. The van der Waals surface area contributed by atoms with Crippen molar-refractivity contribution in [3.05, 3.63) is 29.3 Å². The predicted octanol–water partition coefficient (Wildman–Crippen LogP) is 3.47. The lowest BCUT2D eigenvalue weighted by molar-refractivity contribution is 0.198. The van der Waals surface area contributed by atoms with E-state index in [1.165, 1.54) is 25.7 Å². The summed E-state index contributed by atoms with van der Waals surface area (Å²) in [5, 5.41) is 10.1. The van der Waals surface area contributed by atoms with E-state index < -0.39 is 0 Å². The van der Waals surface area contributed by atoms with Crippen molar-refractivity contribution in [1.29, 1.82) is 0 Å². The lowest BCUT2D eigenvalue weighted by atomic mass is 10.1. The molecule has 94 valence electrons. The van der Waals surface area contributed by atoms with Crippen LogP contribution < -0.4 is 0 Å². The number of aryl methyl sites for hydroxylation is 1. The maximum absolute atomic E-state index is 10.1. The molecule has 0 unspecified atom stereocenters. The number of nitrogens with zero attached hydrogens (tertiary/aromatic N) is 1. The van der Waals surface area contributed by atoms with Crippen LogP contribution in [0, 0.1) is 6.92 Å². The zero-order valence-corrected chi connectivity index (χ0v) is 10.9. The molecule has 0 heterocycles. The molecule has 2 heteroatoms. The first kappa shape index (κ1) is 12.4. The van der Waals surface area contributed by atoms with Gasteiger partial charge in [0.15, 0.2) is 0 Å². The smallest absolute Gasteiger partial charge is 0.122 e. The van der Waals surface area contributed by atoms with Gasteiger partial charge in [0.25, 0.3) is 0 Å². The molecule has 0 spiro atoms. The molecule has 2 rings (SSSR count). The number of hydrogen-bond donors (Lipinski definition) is 1. The highest BCUT2D eigenvalue weighted by Crippen LogP contribution is 2.28. The van der Waals surface area contributed by atoms with Crippen molar-refractivity contribution in [3.8, 4) is 5.75 Å². The summed E-state index contributed by atoms with van der Waals surface area (Å²) < 4.78 is 0. The third-order valence-electron chi connectivity index (χ3n) is 3.94. The Bertz CT molecular complexity index is 369. The van der Waals surface area contributed by atoms with E-state index >= 15 is 0 Å². The van der Waals surface area contributed by atoms with E-state index in [1.807, 2.05) is 25.1 Å². The normalized spacial score (nSPS) is 16.9. The molecule has 1 aromatic carbocycles. The molecule has 1 aromatic rings. The van der Waals surface area contributed by atoms with E-state index in [4.69, 9.17) is 0 Å². The van der Waals surface area contributed by atoms with E-state index in [1.54, 1.807) is 0 Å². The number of para-hydroxylation sites is 1. The molecule has 1 aliphatic rings. The van der Waals surface area contributed by atoms with Gasteiger partial charge < -0.3 is 5.11 Å². The third kappa shape index (κ3) is 2.81. The third-order valence-corrected chi connectivity index (χ3v) is 3.94. The monoisotopic (exact) mass is 233 g/mol. The standard InChI is InChI=1S/C15H23NO/c1-3-16(14-9-4-5-10-14)11-13-8-6-7-12(2)15(13)17/h6-8,14,17H,3-5,9-11H2,1-2H3. The van der Waals surface area contributed by atoms with E-state index in [0.717, 1.165) is 30.3 Å². The summed E-state index contributed by atoms with van der Waals surface area (Å²) >= 11 is 0. The Hall–Kier alpha value is -1.02. The van der Waals surface area contributed by atoms with Crippen LogP contribution in [0.25, 0.3) is 0 Å². The summed E-state index contributed by atoms with van der Waals surface area (Å²) in [5.41, 5.74) is 2.05. The van der Waals surface area contributed by atoms with E-state index in [9.17, 15) is 5.11 Å². The summed E-state index contributed by atoms with van der Waals surface area (Å²) in [6.45, 7) is 6.13. The molecule has 0 saturated heterocycles. The zero-order valence-electron chi connectivity index (χ0n) is 10.9. The van der Waals surface area contributed by atoms with Gasteiger partial charge in [0, 0.05) is 18.2 Å². The predicted molar refractivity (Wildman–Crippen MR) is 71.2 cm³/mol. The van der Waals surface area contributed by atoms with Crippen molar-refractivity contribution in [3.63, 3.8) is 0 Å². The lowest BCUT2D eigenvalue weighted by Crippen LogP contribution is -2.32. The minimum atomic E-state index is 0.476. The van der Waals surface area contributed by atoms with Gasteiger partial charge in [0.2, 0.25) is 0 Å². The molecular formula is C15H23NO. The van der Waals surface area contributed by atoms with E-state index in [2.05, 4.69) is 11.8 Å². The molecule has 1 fully saturated rings. The van der Waals surface area contributed by atoms with Crippen molar-refractivity contribution in [2.45, 2.75) is 52.1 Å². The minimum absolute atomic E-state index is 0.476. The van der Waals surface area contributed by atoms with Crippen LogP contribution in [0.4, 0.5) is 0 Å². The first-order valence-corrected chi connectivity index (χ1v) is 6.74. The average molecular weight is 233 g/mol. The Kier molecular flexibility index (Phi) is 4.06. The maximum atomic E-state index is 10.1. The molecule has 1 aliphatic carbocycles. The SMILES string of the molecule is CCN(Cc1cccc(C)c1O)C1CCCC1. The average Bonchev–Trinajstić information content (AvgIpc) is 2.85. The second kappa shape index (κ2) is 5.54. The summed E-state index contributed by atoms with van der Waals surface area (Å²) in [6.07, 6.45) is 5.36. The maximum Gasteiger partial charge on any atom is 0.122 e. The number of rotatable bonds is 4. The van der Waals surface area contributed by atoms with E-state index in [-0.39, 0.29) is 0 Å². The van der Waals surface area contributed by atoms with Crippen LogP contribution in [0.15, 0.2) is 18.2 Å². The molecule has 17 heavy (non-hydrogen) atoms. The zero-order chi connectivity index (χ0) is 12.3. The fraction of sp³-hybridized carbons (Fsp3) is 0.600.